The summed E-state index contributed by atoms with van der Waals surface area (Å²) in [5.41, 5.74) is 6.49. The van der Waals surface area contributed by atoms with E-state index in [4.69, 9.17) is 5.73 Å². The van der Waals surface area contributed by atoms with Gasteiger partial charge in [-0.05, 0) is 36.4 Å². The van der Waals surface area contributed by atoms with Crippen molar-refractivity contribution in [3.63, 3.8) is 0 Å². The average Bonchev–Trinajstić information content (AvgIpc) is 2.62. The molecule has 27 heavy (non-hydrogen) atoms. The van der Waals surface area contributed by atoms with E-state index in [1.54, 1.807) is 36.4 Å². The largest absolute Gasteiger partial charge is 0.399 e. The van der Waals surface area contributed by atoms with Crippen LogP contribution in [-0.2, 0) is 20.0 Å². The normalized spacial score (nSPS) is 12.4. The van der Waals surface area contributed by atoms with E-state index in [0.29, 0.717) is 22.1 Å². The van der Waals surface area contributed by atoms with Crippen molar-refractivity contribution in [2.45, 2.75) is 9.79 Å². The number of rotatable bonds is 5. The smallest absolute Gasteiger partial charge is 0.262 e. The van der Waals surface area contributed by atoms with Crippen LogP contribution >= 0.6 is 0 Å². The fourth-order valence-electron chi connectivity index (χ4n) is 2.67. The molecule has 0 fully saturated rings. The monoisotopic (exact) mass is 405 g/mol. The van der Waals surface area contributed by atoms with Gasteiger partial charge in [-0.15, -0.1) is 0 Å². The van der Waals surface area contributed by atoms with Gasteiger partial charge in [0, 0.05) is 36.2 Å². The Bertz CT molecular complexity index is 1200. The predicted molar refractivity (Wildman–Crippen MR) is 106 cm³/mol. The van der Waals surface area contributed by atoms with Crippen molar-refractivity contribution in [3.05, 3.63) is 60.7 Å². The maximum absolute atomic E-state index is 12.9. The van der Waals surface area contributed by atoms with E-state index in [1.807, 2.05) is 0 Å². The van der Waals surface area contributed by atoms with Crippen LogP contribution in [0.1, 0.15) is 0 Å². The first-order valence-electron chi connectivity index (χ1n) is 7.95. The summed E-state index contributed by atoms with van der Waals surface area (Å²) in [6.07, 6.45) is 0. The predicted octanol–water partition coefficient (Wildman–Crippen LogP) is 2.47. The van der Waals surface area contributed by atoms with Crippen molar-refractivity contribution in [1.29, 1.82) is 0 Å². The summed E-state index contributed by atoms with van der Waals surface area (Å²) >= 11 is 0. The van der Waals surface area contributed by atoms with Crippen molar-refractivity contribution < 1.29 is 16.8 Å². The lowest BCUT2D eigenvalue weighted by molar-refractivity contribution is 0.521. The van der Waals surface area contributed by atoms with Gasteiger partial charge in [0.1, 0.15) is 0 Å². The molecule has 3 aromatic rings. The van der Waals surface area contributed by atoms with Gasteiger partial charge in [0.15, 0.2) is 0 Å². The fourth-order valence-corrected chi connectivity index (χ4v) is 5.05. The van der Waals surface area contributed by atoms with Crippen LogP contribution in [0.2, 0.25) is 0 Å². The van der Waals surface area contributed by atoms with E-state index in [9.17, 15) is 16.8 Å². The third kappa shape index (κ3) is 3.61. The van der Waals surface area contributed by atoms with Crippen molar-refractivity contribution in [1.82, 2.24) is 4.31 Å². The van der Waals surface area contributed by atoms with Crippen LogP contribution in [0.3, 0.4) is 0 Å². The summed E-state index contributed by atoms with van der Waals surface area (Å²) in [7, 11) is -4.80. The Labute approximate surface area is 158 Å². The zero-order valence-corrected chi connectivity index (χ0v) is 16.4. The standard InChI is InChI=1S/C18H19N3O4S2/c1-21(2)27(24,25)18-8-4-5-15-16(18)6-3-7-17(15)26(22,23)20-14-11-9-13(19)10-12-14/h3-12,20H,19H2,1-2H3. The first kappa shape index (κ1) is 19.2. The Morgan fingerprint density at radius 3 is 1.85 bits per heavy atom. The van der Waals surface area contributed by atoms with E-state index in [0.717, 1.165) is 4.31 Å². The molecule has 3 N–H and O–H groups in total. The zero-order chi connectivity index (χ0) is 19.8. The molecule has 0 amide bonds. The summed E-state index contributed by atoms with van der Waals surface area (Å²) in [5.74, 6) is 0. The number of nitrogens with two attached hydrogens (primary N) is 1. The van der Waals surface area contributed by atoms with Crippen LogP contribution in [0.25, 0.3) is 10.8 Å². The number of nitrogens with zero attached hydrogens (tertiary/aromatic N) is 1. The fraction of sp³-hybridized carbons (Fsp3) is 0.111. The van der Waals surface area contributed by atoms with Crippen molar-refractivity contribution in [2.75, 3.05) is 24.6 Å². The molecule has 0 unspecified atom stereocenters. The van der Waals surface area contributed by atoms with Gasteiger partial charge in [0.25, 0.3) is 10.0 Å². The van der Waals surface area contributed by atoms with Crippen LogP contribution in [0.5, 0.6) is 0 Å². The zero-order valence-electron chi connectivity index (χ0n) is 14.7. The Kier molecular flexibility index (Phi) is 4.85. The summed E-state index contributed by atoms with van der Waals surface area (Å²) in [5, 5.41) is 0.662. The number of anilines is 2. The highest BCUT2D eigenvalue weighted by Gasteiger charge is 2.23. The van der Waals surface area contributed by atoms with Gasteiger partial charge in [-0.2, -0.15) is 0 Å². The lowest BCUT2D eigenvalue weighted by atomic mass is 10.1. The minimum absolute atomic E-state index is 0.00682. The third-order valence-electron chi connectivity index (χ3n) is 4.05. The van der Waals surface area contributed by atoms with Gasteiger partial charge in [-0.25, -0.2) is 21.1 Å². The number of fused-ring (bicyclic) bond motifs is 1. The van der Waals surface area contributed by atoms with Gasteiger partial charge in [0.05, 0.1) is 9.79 Å². The molecular weight excluding hydrogens is 386 g/mol. The topological polar surface area (TPSA) is 110 Å². The van der Waals surface area contributed by atoms with Crippen LogP contribution in [0.15, 0.2) is 70.5 Å². The Balaban J connectivity index is 2.17. The minimum Gasteiger partial charge on any atom is -0.399 e. The molecular formula is C18H19N3O4S2. The minimum atomic E-state index is -3.93. The maximum atomic E-state index is 12.9. The van der Waals surface area contributed by atoms with Gasteiger partial charge in [-0.1, -0.05) is 24.3 Å². The van der Waals surface area contributed by atoms with E-state index < -0.39 is 20.0 Å². The van der Waals surface area contributed by atoms with Gasteiger partial charge >= 0.3 is 0 Å². The molecule has 0 aliphatic rings. The van der Waals surface area contributed by atoms with Crippen molar-refractivity contribution in [2.24, 2.45) is 0 Å². The second kappa shape index (κ2) is 6.84. The number of nitrogen functional groups attached to an aromatic ring is 1. The molecule has 0 heterocycles. The molecule has 7 nitrogen and oxygen atoms in total. The van der Waals surface area contributed by atoms with E-state index >= 15 is 0 Å². The quantitative estimate of drug-likeness (QED) is 0.634. The molecule has 142 valence electrons. The summed E-state index contributed by atoms with van der Waals surface area (Å²) in [6, 6.07) is 15.4. The third-order valence-corrected chi connectivity index (χ3v) is 7.37. The molecule has 9 heteroatoms. The summed E-state index contributed by atoms with van der Waals surface area (Å²) in [6.45, 7) is 0. The molecule has 0 saturated carbocycles. The van der Waals surface area contributed by atoms with Crippen molar-refractivity contribution >= 4 is 42.2 Å². The number of benzene rings is 3. The lowest BCUT2D eigenvalue weighted by Crippen LogP contribution is -2.22. The molecule has 0 aliphatic carbocycles. The van der Waals surface area contributed by atoms with Crippen LogP contribution in [0, 0.1) is 0 Å². The number of hydrogen-bond acceptors (Lipinski definition) is 5. The second-order valence-electron chi connectivity index (χ2n) is 6.12. The first-order valence-corrected chi connectivity index (χ1v) is 10.9. The first-order chi connectivity index (χ1) is 12.6. The van der Waals surface area contributed by atoms with Gasteiger partial charge in [-0.3, -0.25) is 4.72 Å². The number of nitrogens with one attached hydrogen (secondary N) is 1. The Hall–Kier alpha value is -2.62. The van der Waals surface area contributed by atoms with Gasteiger partial charge in [0.2, 0.25) is 10.0 Å². The number of sulfonamides is 2. The Morgan fingerprint density at radius 1 is 0.778 bits per heavy atom. The summed E-state index contributed by atoms with van der Waals surface area (Å²) in [4.78, 5) is 0.0437. The Morgan fingerprint density at radius 2 is 1.30 bits per heavy atom. The molecule has 0 atom stereocenters. The maximum Gasteiger partial charge on any atom is 0.262 e. The second-order valence-corrected chi connectivity index (χ2v) is 9.89. The molecule has 0 aliphatic heterocycles. The highest BCUT2D eigenvalue weighted by molar-refractivity contribution is 7.93. The van der Waals surface area contributed by atoms with Crippen LogP contribution in [0.4, 0.5) is 11.4 Å². The molecule has 0 radical (unpaired) electrons. The van der Waals surface area contributed by atoms with Crippen molar-refractivity contribution in [3.8, 4) is 0 Å². The molecule has 0 aromatic heterocycles. The molecule has 0 bridgehead atoms. The molecule has 3 rings (SSSR count). The number of hydrogen-bond donors (Lipinski definition) is 2. The molecule has 3 aromatic carbocycles. The average molecular weight is 406 g/mol. The SMILES string of the molecule is CN(C)S(=O)(=O)c1cccc2c(S(=O)(=O)Nc3ccc(N)cc3)cccc12. The summed E-state index contributed by atoms with van der Waals surface area (Å²) < 4.78 is 54.5. The molecule has 0 saturated heterocycles. The van der Waals surface area contributed by atoms with E-state index in [-0.39, 0.29) is 9.79 Å². The van der Waals surface area contributed by atoms with E-state index in [1.165, 1.54) is 38.4 Å². The lowest BCUT2D eigenvalue weighted by Gasteiger charge is -2.15. The molecule has 0 spiro atoms. The van der Waals surface area contributed by atoms with E-state index in [2.05, 4.69) is 4.72 Å². The van der Waals surface area contributed by atoms with Crippen LogP contribution < -0.4 is 10.5 Å². The highest BCUT2D eigenvalue weighted by Crippen LogP contribution is 2.30. The van der Waals surface area contributed by atoms with Gasteiger partial charge < -0.3 is 5.73 Å². The highest BCUT2D eigenvalue weighted by atomic mass is 32.2. The van der Waals surface area contributed by atoms with Crippen LogP contribution in [-0.4, -0.2) is 35.2 Å².